The van der Waals surface area contributed by atoms with Crippen molar-refractivity contribution in [2.24, 2.45) is 0 Å². The molecule has 7 nitrogen and oxygen atoms in total. The molecule has 0 saturated heterocycles. The number of halogens is 3. The number of hydrogen-bond acceptors (Lipinski definition) is 7. The molecule has 0 radical (unpaired) electrons. The molecule has 1 aliphatic heterocycles. The molecule has 2 heterocycles. The largest absolute Gasteiger partial charge is 0.453 e. The van der Waals surface area contributed by atoms with E-state index >= 15 is 0 Å². The first-order valence-corrected chi connectivity index (χ1v) is 28.2. The first-order chi connectivity index (χ1) is 30.6. The standard InChI is InChI=1S/C51H58I3NO6P2/c1-6-11-18-33-25-35(20-13-8-3)47-41(27-33)42-28-34(19-12-7-2)26-36(21-14-9-4)48(42)59-63(58-47)60-49-37(22-15-10-5)29-38(52)30-43(49)44-31-39(53)32-45(54)50(44)57-62-55-46-24-17-16-23-40(46)51(56)61-62/h16-17,23-32,55H,6-15,18-22H2,1-5H3. The third kappa shape index (κ3) is 11.9. The average molecular weight is 1220 g/mol. The van der Waals surface area contributed by atoms with Crippen molar-refractivity contribution in [1.29, 1.82) is 0 Å². The highest BCUT2D eigenvalue weighted by molar-refractivity contribution is 14.1. The number of carbonyl (C=O) groups excluding carboxylic acids is 1. The maximum absolute atomic E-state index is 13.2. The predicted molar refractivity (Wildman–Crippen MR) is 288 cm³/mol. The number of hydrogen-bond donors (Lipinski definition) is 1. The van der Waals surface area contributed by atoms with Crippen LogP contribution < -0.4 is 14.1 Å². The van der Waals surface area contributed by atoms with E-state index in [2.05, 4.69) is 156 Å². The topological polar surface area (TPSA) is 83.1 Å². The van der Waals surface area contributed by atoms with Crippen molar-refractivity contribution < 1.29 is 26.8 Å². The highest BCUT2D eigenvalue weighted by Gasteiger charge is 2.31. The Balaban J connectivity index is 1.48. The molecule has 0 fully saturated rings. The molecule has 0 amide bonds. The Hall–Kier alpha value is -2.51. The maximum Gasteiger partial charge on any atom is 0.453 e. The molecule has 7 rings (SSSR count). The molecule has 0 bridgehead atoms. The monoisotopic (exact) mass is 1220 g/mol. The number of fused-ring (bicyclic) bond motifs is 4. The van der Waals surface area contributed by atoms with Gasteiger partial charge < -0.3 is 22.0 Å². The molecule has 1 aliphatic rings. The summed E-state index contributed by atoms with van der Waals surface area (Å²) >= 11 is 7.11. The molecule has 1 unspecified atom stereocenters. The number of para-hydroxylation sites is 1. The lowest BCUT2D eigenvalue weighted by molar-refractivity contribution is 0.0738. The normalized spacial score (nSPS) is 13.5. The SMILES string of the molecule is CCCCc1cc(CCCC)c2op(Oc3c(CCCC)cc(I)cc3-c3cc(I)cc(I)c3OP3Nc4ccccc4C(=O)O3)oc3c(CCCC)cc(CCCC)cc3c2c1. The van der Waals surface area contributed by atoms with Crippen LogP contribution in [0.25, 0.3) is 33.1 Å². The predicted octanol–water partition coefficient (Wildman–Crippen LogP) is 18.2. The summed E-state index contributed by atoms with van der Waals surface area (Å²) in [5.41, 5.74) is 10.9. The van der Waals surface area contributed by atoms with Crippen molar-refractivity contribution in [2.75, 3.05) is 5.09 Å². The van der Waals surface area contributed by atoms with Gasteiger partial charge in [-0.05, 0) is 208 Å². The number of rotatable bonds is 20. The van der Waals surface area contributed by atoms with E-state index < -0.39 is 22.7 Å². The van der Waals surface area contributed by atoms with E-state index in [1.54, 1.807) is 6.07 Å². The Morgan fingerprint density at radius 1 is 0.556 bits per heavy atom. The van der Waals surface area contributed by atoms with Crippen molar-refractivity contribution in [1.82, 2.24) is 0 Å². The van der Waals surface area contributed by atoms with Crippen molar-refractivity contribution in [2.45, 2.75) is 131 Å². The maximum atomic E-state index is 13.2. The van der Waals surface area contributed by atoms with Crippen molar-refractivity contribution >= 4 is 118 Å². The van der Waals surface area contributed by atoms with Crippen LogP contribution in [0, 0.1) is 10.7 Å². The fraction of sp³-hybridized carbons (Fsp3) is 0.392. The van der Waals surface area contributed by atoms with Crippen LogP contribution in [0.2, 0.25) is 0 Å². The van der Waals surface area contributed by atoms with Gasteiger partial charge in [-0.25, -0.2) is 4.79 Å². The lowest BCUT2D eigenvalue weighted by atomic mass is 9.94. The number of anilines is 1. The second-order valence-corrected chi connectivity index (χ2v) is 22.1. The van der Waals surface area contributed by atoms with E-state index in [1.165, 1.54) is 22.3 Å². The van der Waals surface area contributed by atoms with Gasteiger partial charge in [0.1, 0.15) is 16.9 Å². The summed E-state index contributed by atoms with van der Waals surface area (Å²) in [4.78, 5) is 13.2. The first-order valence-electron chi connectivity index (χ1n) is 22.7. The zero-order valence-corrected chi connectivity index (χ0v) is 45.3. The third-order valence-electron chi connectivity index (χ3n) is 11.4. The van der Waals surface area contributed by atoms with Gasteiger partial charge >= 0.3 is 22.7 Å². The Bertz CT molecular complexity index is 2530. The van der Waals surface area contributed by atoms with Gasteiger partial charge in [-0.15, -0.1) is 0 Å². The number of benzene rings is 5. The van der Waals surface area contributed by atoms with Crippen LogP contribution in [0.3, 0.4) is 0 Å². The molecule has 0 aliphatic carbocycles. The molecule has 334 valence electrons. The van der Waals surface area contributed by atoms with Gasteiger partial charge in [-0.3, -0.25) is 5.09 Å². The van der Waals surface area contributed by atoms with Crippen LogP contribution >= 0.6 is 84.5 Å². The summed E-state index contributed by atoms with van der Waals surface area (Å²) in [5, 5.41) is 5.58. The zero-order chi connectivity index (χ0) is 44.5. The van der Waals surface area contributed by atoms with E-state index in [0.29, 0.717) is 17.0 Å². The van der Waals surface area contributed by atoms with Gasteiger partial charge in [0.15, 0.2) is 5.75 Å². The van der Waals surface area contributed by atoms with Crippen molar-refractivity contribution in [3.63, 3.8) is 0 Å². The molecule has 0 spiro atoms. The molecule has 12 heteroatoms. The molecule has 5 aromatic carbocycles. The fourth-order valence-corrected chi connectivity index (χ4v) is 13.2. The summed E-state index contributed by atoms with van der Waals surface area (Å²) in [6.45, 7) is 11.3. The number of nitrogens with one attached hydrogen (secondary N) is 1. The second kappa shape index (κ2) is 23.3. The molecular weight excluding hydrogens is 1170 g/mol. The van der Waals surface area contributed by atoms with E-state index in [4.69, 9.17) is 22.0 Å². The third-order valence-corrected chi connectivity index (χ3v) is 15.5. The van der Waals surface area contributed by atoms with Crippen LogP contribution in [0.15, 0.2) is 81.2 Å². The Kier molecular flexibility index (Phi) is 17.9. The fourth-order valence-electron chi connectivity index (χ4n) is 8.05. The van der Waals surface area contributed by atoms with Crippen molar-refractivity contribution in [3.05, 3.63) is 117 Å². The smallest absolute Gasteiger partial charge is 0.421 e. The molecule has 0 saturated carbocycles. The van der Waals surface area contributed by atoms with E-state index in [-0.39, 0.29) is 0 Å². The number of unbranched alkanes of at least 4 members (excludes halogenated alkanes) is 5. The van der Waals surface area contributed by atoms with Crippen LogP contribution in [-0.2, 0) is 36.6 Å². The molecule has 1 aromatic heterocycles. The molecule has 6 aromatic rings. The summed E-state index contributed by atoms with van der Waals surface area (Å²) < 4.78 is 37.5. The van der Waals surface area contributed by atoms with Crippen molar-refractivity contribution in [3.8, 4) is 22.6 Å². The number of aryl methyl sites for hydroxylation is 5. The van der Waals surface area contributed by atoms with Crippen LogP contribution in [0.1, 0.15) is 137 Å². The highest BCUT2D eigenvalue weighted by Crippen LogP contribution is 2.52. The summed E-state index contributed by atoms with van der Waals surface area (Å²) in [6.07, 6.45) is 15.6. The average Bonchev–Trinajstić information content (AvgIpc) is 3.43. The molecular formula is C51H58I3NO6P2. The Morgan fingerprint density at radius 2 is 1.06 bits per heavy atom. The van der Waals surface area contributed by atoms with E-state index in [1.807, 2.05) is 18.2 Å². The van der Waals surface area contributed by atoms with E-state index in [0.717, 1.165) is 151 Å². The van der Waals surface area contributed by atoms with Gasteiger partial charge in [0.2, 0.25) is 0 Å². The second-order valence-electron chi connectivity index (χ2n) is 16.4. The summed E-state index contributed by atoms with van der Waals surface area (Å²) in [5.74, 6) is 0.929. The molecule has 1 atom stereocenters. The molecule has 1 N–H and O–H groups in total. The quantitative estimate of drug-likeness (QED) is 0.0602. The first kappa shape index (κ1) is 48.4. The van der Waals surface area contributed by atoms with E-state index in [9.17, 15) is 4.79 Å². The van der Waals surface area contributed by atoms with Gasteiger partial charge in [-0.2, -0.15) is 0 Å². The minimum atomic E-state index is -2.00. The number of carbonyl (C=O) groups is 1. The zero-order valence-electron chi connectivity index (χ0n) is 37.0. The Morgan fingerprint density at radius 3 is 1.63 bits per heavy atom. The van der Waals surface area contributed by atoms with Crippen LogP contribution in [-0.4, -0.2) is 5.97 Å². The van der Waals surface area contributed by atoms with Gasteiger partial charge in [0.05, 0.1) is 14.8 Å². The summed E-state index contributed by atoms with van der Waals surface area (Å²) in [7, 11) is -3.85. The lowest BCUT2D eigenvalue weighted by Crippen LogP contribution is -2.17. The lowest BCUT2D eigenvalue weighted by Gasteiger charge is -2.26. The highest BCUT2D eigenvalue weighted by atomic mass is 127. The van der Waals surface area contributed by atoms with Crippen LogP contribution in [0.5, 0.6) is 11.5 Å². The summed E-state index contributed by atoms with van der Waals surface area (Å²) in [6, 6.07) is 25.5. The minimum Gasteiger partial charge on any atom is -0.421 e. The minimum absolute atomic E-state index is 0.407. The van der Waals surface area contributed by atoms with Gasteiger partial charge in [0.25, 0.3) is 0 Å². The Labute approximate surface area is 416 Å². The van der Waals surface area contributed by atoms with Crippen LogP contribution in [0.4, 0.5) is 5.69 Å². The van der Waals surface area contributed by atoms with Gasteiger partial charge in [0, 0.05) is 29.0 Å². The van der Waals surface area contributed by atoms with Gasteiger partial charge in [-0.1, -0.05) is 91.0 Å². The molecule has 63 heavy (non-hydrogen) atoms.